The van der Waals surface area contributed by atoms with Crippen LogP contribution in [-0.4, -0.2) is 25.9 Å². The molecule has 5 nitrogen and oxygen atoms in total. The van der Waals surface area contributed by atoms with Gasteiger partial charge in [0.15, 0.2) is 5.16 Å². The molecule has 0 saturated heterocycles. The van der Waals surface area contributed by atoms with Crippen molar-refractivity contribution in [1.29, 1.82) is 0 Å². The molecule has 2 heterocycles. The Bertz CT molecular complexity index is 937. The third-order valence-corrected chi connectivity index (χ3v) is 6.47. The number of anilines is 1. The number of benzene rings is 1. The Morgan fingerprint density at radius 2 is 2.22 bits per heavy atom. The van der Waals surface area contributed by atoms with Crippen molar-refractivity contribution in [2.24, 2.45) is 0 Å². The van der Waals surface area contributed by atoms with E-state index < -0.39 is 0 Å². The quantitative estimate of drug-likeness (QED) is 0.546. The van der Waals surface area contributed by atoms with Crippen molar-refractivity contribution in [3.05, 3.63) is 57.5 Å². The molecule has 1 aromatic carbocycles. The second kappa shape index (κ2) is 8.04. The lowest BCUT2D eigenvalue weighted by Crippen LogP contribution is -2.23. The van der Waals surface area contributed by atoms with Crippen LogP contribution in [0.2, 0.25) is 5.02 Å². The number of nitrogens with zero attached hydrogens (tertiary/aromatic N) is 3. The van der Waals surface area contributed by atoms with Crippen molar-refractivity contribution >= 4 is 46.3 Å². The molecule has 1 saturated carbocycles. The van der Waals surface area contributed by atoms with Crippen molar-refractivity contribution in [2.75, 3.05) is 5.32 Å². The molecule has 1 N–H and O–H groups in total. The maximum Gasteiger partial charge on any atom is 0.237 e. The number of carbonyl (C=O) groups excluding carboxylic acids is 1. The summed E-state index contributed by atoms with van der Waals surface area (Å²) in [7, 11) is 0. The van der Waals surface area contributed by atoms with Crippen LogP contribution in [-0.2, 0) is 11.2 Å². The summed E-state index contributed by atoms with van der Waals surface area (Å²) in [6.07, 6.45) is 3.07. The molecule has 0 spiro atoms. The fourth-order valence-corrected chi connectivity index (χ4v) is 4.63. The van der Waals surface area contributed by atoms with Gasteiger partial charge in [0.05, 0.1) is 5.25 Å². The Balaban J connectivity index is 1.46. The van der Waals surface area contributed by atoms with E-state index in [1.807, 2.05) is 19.1 Å². The molecule has 1 atom stereocenters. The molecule has 0 bridgehead atoms. The number of thioether (sulfide) groups is 1. The van der Waals surface area contributed by atoms with E-state index in [4.69, 9.17) is 11.6 Å². The van der Waals surface area contributed by atoms with Gasteiger partial charge in [0.1, 0.15) is 5.82 Å². The first kappa shape index (κ1) is 18.5. The summed E-state index contributed by atoms with van der Waals surface area (Å²) in [4.78, 5) is 13.8. The second-order valence-corrected chi connectivity index (χ2v) is 9.29. The van der Waals surface area contributed by atoms with Crippen LogP contribution in [0.3, 0.4) is 0 Å². The van der Waals surface area contributed by atoms with Gasteiger partial charge in [-0.15, -0.1) is 21.5 Å². The lowest BCUT2D eigenvalue weighted by atomic mass is 10.3. The summed E-state index contributed by atoms with van der Waals surface area (Å²) in [5, 5.41) is 14.9. The molecule has 2 aromatic heterocycles. The van der Waals surface area contributed by atoms with Crippen molar-refractivity contribution < 1.29 is 4.79 Å². The molecule has 140 valence electrons. The van der Waals surface area contributed by atoms with Gasteiger partial charge in [0.25, 0.3) is 0 Å². The molecule has 1 fully saturated rings. The molecule has 1 aliphatic rings. The van der Waals surface area contributed by atoms with Gasteiger partial charge >= 0.3 is 0 Å². The fourth-order valence-electron chi connectivity index (χ4n) is 2.80. The van der Waals surface area contributed by atoms with E-state index in [2.05, 4.69) is 37.6 Å². The maximum atomic E-state index is 12.6. The Morgan fingerprint density at radius 1 is 1.37 bits per heavy atom. The SMILES string of the molecule is CC(Sc1nnc(Cc2cccs2)n1C1CC1)C(=O)Nc1cccc(Cl)c1. The van der Waals surface area contributed by atoms with E-state index in [0.29, 0.717) is 16.8 Å². The number of rotatable bonds is 7. The van der Waals surface area contributed by atoms with Crippen LogP contribution >= 0.6 is 34.7 Å². The molecule has 3 aromatic rings. The Labute approximate surface area is 171 Å². The average molecular weight is 419 g/mol. The van der Waals surface area contributed by atoms with Crippen LogP contribution < -0.4 is 5.32 Å². The van der Waals surface area contributed by atoms with Gasteiger partial charge in [0.2, 0.25) is 5.91 Å². The van der Waals surface area contributed by atoms with Crippen molar-refractivity contribution in [3.8, 4) is 0 Å². The summed E-state index contributed by atoms with van der Waals surface area (Å²) < 4.78 is 2.22. The highest BCUT2D eigenvalue weighted by atomic mass is 35.5. The van der Waals surface area contributed by atoms with Crippen molar-refractivity contribution in [3.63, 3.8) is 0 Å². The Kier molecular flexibility index (Phi) is 5.52. The highest BCUT2D eigenvalue weighted by molar-refractivity contribution is 8.00. The number of hydrogen-bond donors (Lipinski definition) is 1. The minimum Gasteiger partial charge on any atom is -0.325 e. The number of thiophene rings is 1. The first-order chi connectivity index (χ1) is 13.1. The number of nitrogens with one attached hydrogen (secondary N) is 1. The predicted molar refractivity (Wildman–Crippen MR) is 111 cm³/mol. The highest BCUT2D eigenvalue weighted by Gasteiger charge is 2.31. The number of carbonyl (C=O) groups is 1. The number of hydrogen-bond acceptors (Lipinski definition) is 5. The lowest BCUT2D eigenvalue weighted by Gasteiger charge is -2.13. The zero-order valence-corrected chi connectivity index (χ0v) is 17.2. The first-order valence-corrected chi connectivity index (χ1v) is 10.9. The largest absolute Gasteiger partial charge is 0.325 e. The molecule has 0 radical (unpaired) electrons. The summed E-state index contributed by atoms with van der Waals surface area (Å²) >= 11 is 9.16. The lowest BCUT2D eigenvalue weighted by molar-refractivity contribution is -0.115. The summed E-state index contributed by atoms with van der Waals surface area (Å²) in [6.45, 7) is 1.88. The maximum absolute atomic E-state index is 12.6. The summed E-state index contributed by atoms with van der Waals surface area (Å²) in [5.74, 6) is 0.900. The van der Waals surface area contributed by atoms with Gasteiger partial charge in [-0.3, -0.25) is 4.79 Å². The molecule has 1 amide bonds. The normalized spacial score (nSPS) is 14.9. The molecule has 27 heavy (non-hydrogen) atoms. The third-order valence-electron chi connectivity index (χ3n) is 4.30. The van der Waals surface area contributed by atoms with Crippen LogP contribution in [0.1, 0.15) is 36.5 Å². The van der Waals surface area contributed by atoms with Gasteiger partial charge in [-0.2, -0.15) is 0 Å². The van der Waals surface area contributed by atoms with E-state index in [1.54, 1.807) is 23.5 Å². The van der Waals surface area contributed by atoms with Gasteiger partial charge in [0, 0.05) is 28.0 Å². The third kappa shape index (κ3) is 4.54. The van der Waals surface area contributed by atoms with Gasteiger partial charge in [-0.05, 0) is 49.4 Å². The van der Waals surface area contributed by atoms with Crippen LogP contribution in [0.5, 0.6) is 0 Å². The van der Waals surface area contributed by atoms with Crippen molar-refractivity contribution in [2.45, 2.75) is 42.6 Å². The van der Waals surface area contributed by atoms with E-state index in [9.17, 15) is 4.79 Å². The van der Waals surface area contributed by atoms with Gasteiger partial charge < -0.3 is 9.88 Å². The number of aromatic nitrogens is 3. The van der Waals surface area contributed by atoms with Crippen LogP contribution in [0, 0.1) is 0 Å². The standard InChI is InChI=1S/C19H19ClN4OS2/c1-12(18(25)21-14-5-2-4-13(20)10-14)27-19-23-22-17(24(19)15-7-8-15)11-16-6-3-9-26-16/h2-6,9-10,12,15H,7-8,11H2,1H3,(H,21,25). The number of halogens is 1. The van der Waals surface area contributed by atoms with E-state index in [1.165, 1.54) is 16.6 Å². The average Bonchev–Trinajstić information content (AvgIpc) is 3.19. The number of amides is 1. The Hall–Kier alpha value is -1.83. The monoisotopic (exact) mass is 418 g/mol. The van der Waals surface area contributed by atoms with Gasteiger partial charge in [-0.25, -0.2) is 0 Å². The highest BCUT2D eigenvalue weighted by Crippen LogP contribution is 2.40. The molecular weight excluding hydrogens is 400 g/mol. The van der Waals surface area contributed by atoms with E-state index in [-0.39, 0.29) is 11.2 Å². The smallest absolute Gasteiger partial charge is 0.237 e. The molecular formula is C19H19ClN4OS2. The van der Waals surface area contributed by atoms with Gasteiger partial charge in [-0.1, -0.05) is 35.5 Å². The summed E-state index contributed by atoms with van der Waals surface area (Å²) in [5.41, 5.74) is 0.696. The second-order valence-electron chi connectivity index (χ2n) is 6.52. The Morgan fingerprint density at radius 3 is 2.93 bits per heavy atom. The van der Waals surface area contributed by atoms with E-state index >= 15 is 0 Å². The zero-order valence-electron chi connectivity index (χ0n) is 14.8. The van der Waals surface area contributed by atoms with E-state index in [0.717, 1.165) is 30.2 Å². The molecule has 1 unspecified atom stereocenters. The topological polar surface area (TPSA) is 59.8 Å². The molecule has 1 aliphatic carbocycles. The zero-order chi connectivity index (χ0) is 18.8. The molecule has 0 aliphatic heterocycles. The molecule has 4 rings (SSSR count). The first-order valence-electron chi connectivity index (χ1n) is 8.79. The predicted octanol–water partition coefficient (Wildman–Crippen LogP) is 5.04. The van der Waals surface area contributed by atoms with Crippen molar-refractivity contribution in [1.82, 2.24) is 14.8 Å². The van der Waals surface area contributed by atoms with Crippen LogP contribution in [0.4, 0.5) is 5.69 Å². The van der Waals surface area contributed by atoms with Crippen LogP contribution in [0.15, 0.2) is 46.9 Å². The van der Waals surface area contributed by atoms with Crippen LogP contribution in [0.25, 0.3) is 0 Å². The minimum absolute atomic E-state index is 0.0765. The minimum atomic E-state index is -0.291. The fraction of sp³-hybridized carbons (Fsp3) is 0.316. The molecule has 8 heteroatoms. The summed E-state index contributed by atoms with van der Waals surface area (Å²) in [6, 6.07) is 11.8.